The molecule has 1 fully saturated rings. The first-order chi connectivity index (χ1) is 20.0. The van der Waals surface area contributed by atoms with E-state index in [0.29, 0.717) is 0 Å². The van der Waals surface area contributed by atoms with Crippen LogP contribution in [0.2, 0.25) is 0 Å². The molecule has 1 saturated heterocycles. The number of ether oxygens (including phenoxy) is 1. The number of hydrogen-bond acceptors (Lipinski definition) is 6. The van der Waals surface area contributed by atoms with Gasteiger partial charge >= 0.3 is 6.03 Å². The van der Waals surface area contributed by atoms with Crippen molar-refractivity contribution < 1.29 is 9.53 Å². The summed E-state index contributed by atoms with van der Waals surface area (Å²) in [6.07, 6.45) is 7.50. The van der Waals surface area contributed by atoms with Gasteiger partial charge in [-0.2, -0.15) is 0 Å². The molecule has 1 aliphatic heterocycles. The number of likely N-dealkylation sites (tertiary alicyclic amines) is 1. The van der Waals surface area contributed by atoms with E-state index in [-0.39, 0.29) is 29.1 Å². The molecule has 1 aliphatic carbocycles. The summed E-state index contributed by atoms with van der Waals surface area (Å²) in [5.74, 6) is 1.72. The number of aryl methyl sites for hydroxylation is 1. The number of fused-ring (bicyclic) bond motifs is 2. The summed E-state index contributed by atoms with van der Waals surface area (Å²) in [5.41, 5.74) is 5.36. The van der Waals surface area contributed by atoms with E-state index in [9.17, 15) is 4.79 Å². The summed E-state index contributed by atoms with van der Waals surface area (Å²) < 4.78 is 8.70. The highest BCUT2D eigenvalue weighted by atomic mass is 16.5. The molecule has 0 radical (unpaired) electrons. The third kappa shape index (κ3) is 5.22. The molecule has 0 bridgehead atoms. The van der Waals surface area contributed by atoms with E-state index < -0.39 is 0 Å². The van der Waals surface area contributed by atoms with Crippen molar-refractivity contribution >= 4 is 17.4 Å². The number of amides is 2. The Morgan fingerprint density at radius 2 is 1.88 bits per heavy atom. The fourth-order valence-corrected chi connectivity index (χ4v) is 6.26. The van der Waals surface area contributed by atoms with Gasteiger partial charge in [0.05, 0.1) is 29.2 Å². The van der Waals surface area contributed by atoms with Crippen LogP contribution in [-0.2, 0) is 11.0 Å². The van der Waals surface area contributed by atoms with Gasteiger partial charge in [-0.15, -0.1) is 10.2 Å². The van der Waals surface area contributed by atoms with Crippen LogP contribution in [0.1, 0.15) is 93.7 Å². The van der Waals surface area contributed by atoms with E-state index in [1.807, 2.05) is 49.6 Å². The predicted octanol–water partition coefficient (Wildman–Crippen LogP) is 6.45. The maximum atomic E-state index is 13.2. The largest absolute Gasteiger partial charge is 0.484 e. The van der Waals surface area contributed by atoms with Crippen LogP contribution in [0.15, 0.2) is 54.9 Å². The van der Waals surface area contributed by atoms with Gasteiger partial charge in [-0.3, -0.25) is 14.3 Å². The Labute approximate surface area is 247 Å². The zero-order valence-corrected chi connectivity index (χ0v) is 25.4. The summed E-state index contributed by atoms with van der Waals surface area (Å²) in [6, 6.07) is 13.8. The van der Waals surface area contributed by atoms with Crippen molar-refractivity contribution in [2.24, 2.45) is 0 Å². The maximum absolute atomic E-state index is 13.2. The Kier molecular flexibility index (Phi) is 7.17. The van der Waals surface area contributed by atoms with Gasteiger partial charge in [0.2, 0.25) is 0 Å². The molecule has 3 aromatic heterocycles. The highest BCUT2D eigenvalue weighted by Crippen LogP contribution is 2.40. The molecule has 42 heavy (non-hydrogen) atoms. The van der Waals surface area contributed by atoms with Crippen LogP contribution >= 0.6 is 0 Å². The SMILES string of the molecule is Cc1ncc(C(C)(C)C)cc1NC(=O)N[C@H]1CC[C@@H](Oc2ccc3nnc([C@]4(C)CCCN4C)n3c2)c2ccccc21. The Bertz CT molecular complexity index is 1620. The molecular weight excluding hydrogens is 526 g/mol. The first kappa shape index (κ1) is 28.2. The first-order valence-corrected chi connectivity index (χ1v) is 14.9. The number of benzene rings is 1. The minimum Gasteiger partial charge on any atom is -0.484 e. The lowest BCUT2D eigenvalue weighted by Gasteiger charge is -2.32. The molecule has 2 aliphatic rings. The lowest BCUT2D eigenvalue weighted by molar-refractivity contribution is 0.170. The van der Waals surface area contributed by atoms with Crippen molar-refractivity contribution in [1.82, 2.24) is 29.8 Å². The average molecular weight is 568 g/mol. The lowest BCUT2D eigenvalue weighted by atomic mass is 9.85. The highest BCUT2D eigenvalue weighted by molar-refractivity contribution is 5.90. The predicted molar refractivity (Wildman–Crippen MR) is 164 cm³/mol. The first-order valence-electron chi connectivity index (χ1n) is 14.9. The summed E-state index contributed by atoms with van der Waals surface area (Å²) >= 11 is 0. The van der Waals surface area contributed by atoms with Gasteiger partial charge in [0.1, 0.15) is 11.9 Å². The number of nitrogens with one attached hydrogen (secondary N) is 2. The Hall–Kier alpha value is -3.98. The van der Waals surface area contributed by atoms with Crippen molar-refractivity contribution in [1.29, 1.82) is 0 Å². The van der Waals surface area contributed by atoms with Gasteiger partial charge in [0, 0.05) is 6.20 Å². The number of anilines is 1. The summed E-state index contributed by atoms with van der Waals surface area (Å²) in [7, 11) is 2.15. The van der Waals surface area contributed by atoms with E-state index >= 15 is 0 Å². The number of carbonyl (C=O) groups is 1. The van der Waals surface area contributed by atoms with Gasteiger partial charge in [-0.05, 0) is 93.4 Å². The number of pyridine rings is 2. The molecule has 1 aromatic carbocycles. The average Bonchev–Trinajstić information content (AvgIpc) is 3.53. The number of urea groups is 1. The van der Waals surface area contributed by atoms with Crippen LogP contribution in [-0.4, -0.2) is 44.1 Å². The zero-order valence-electron chi connectivity index (χ0n) is 25.4. The zero-order chi connectivity index (χ0) is 29.6. The standard InChI is InChI=1S/C33H41N7O2/c1-21-27(18-22(19-34-21)32(2,3)4)36-31(41)35-26-13-14-28(25-11-8-7-10-24(25)26)42-23-12-15-29-37-38-30(40(29)20-23)33(5)16-9-17-39(33)6/h7-8,10-12,15,18-20,26,28H,9,13-14,16-17H2,1-6H3,(H2,35,36,41)/t26-,28+,33-/m0/s1. The third-order valence-corrected chi connectivity index (χ3v) is 9.08. The normalized spacial score (nSPS) is 22.6. The van der Waals surface area contributed by atoms with Gasteiger partial charge in [-0.1, -0.05) is 45.0 Å². The Morgan fingerprint density at radius 3 is 2.62 bits per heavy atom. The van der Waals surface area contributed by atoms with Crippen LogP contribution in [0.25, 0.3) is 5.65 Å². The summed E-state index contributed by atoms with van der Waals surface area (Å²) in [4.78, 5) is 20.0. The Balaban J connectivity index is 1.20. The highest BCUT2D eigenvalue weighted by Gasteiger charge is 2.39. The number of nitrogens with zero attached hydrogens (tertiary/aromatic N) is 5. The van der Waals surface area contributed by atoms with Gasteiger partial charge < -0.3 is 15.4 Å². The van der Waals surface area contributed by atoms with Crippen molar-refractivity contribution in [2.75, 3.05) is 18.9 Å². The lowest BCUT2D eigenvalue weighted by Crippen LogP contribution is -2.37. The summed E-state index contributed by atoms with van der Waals surface area (Å²) in [6.45, 7) is 11.6. The topological polar surface area (TPSA) is 96.7 Å². The maximum Gasteiger partial charge on any atom is 0.319 e. The quantitative estimate of drug-likeness (QED) is 0.288. The minimum absolute atomic E-state index is 0.0593. The molecule has 3 atom stereocenters. The number of aromatic nitrogens is 4. The molecule has 4 heterocycles. The number of rotatable bonds is 5. The number of carbonyl (C=O) groups excluding carboxylic acids is 1. The molecular formula is C33H41N7O2. The molecule has 2 amide bonds. The van der Waals surface area contributed by atoms with Crippen molar-refractivity contribution in [3.8, 4) is 5.75 Å². The smallest absolute Gasteiger partial charge is 0.319 e. The third-order valence-electron chi connectivity index (χ3n) is 9.08. The molecule has 9 heteroatoms. The second-order valence-electron chi connectivity index (χ2n) is 13.0. The number of hydrogen-bond donors (Lipinski definition) is 2. The molecule has 0 spiro atoms. The molecule has 0 unspecified atom stereocenters. The van der Waals surface area contributed by atoms with Crippen molar-refractivity contribution in [3.05, 3.63) is 83.1 Å². The van der Waals surface area contributed by atoms with E-state index in [4.69, 9.17) is 4.74 Å². The van der Waals surface area contributed by atoms with Gasteiger partial charge in [0.15, 0.2) is 11.5 Å². The monoisotopic (exact) mass is 567 g/mol. The molecule has 9 nitrogen and oxygen atoms in total. The fraction of sp³-hybridized carbons (Fsp3) is 0.455. The fourth-order valence-electron chi connectivity index (χ4n) is 6.26. The van der Waals surface area contributed by atoms with E-state index in [1.165, 1.54) is 0 Å². The molecule has 0 saturated carbocycles. The Morgan fingerprint density at radius 1 is 1.10 bits per heavy atom. The van der Waals surface area contributed by atoms with Crippen LogP contribution in [0.4, 0.5) is 10.5 Å². The summed E-state index contributed by atoms with van der Waals surface area (Å²) in [5, 5.41) is 15.3. The van der Waals surface area contributed by atoms with Crippen LogP contribution in [0.3, 0.4) is 0 Å². The second kappa shape index (κ2) is 10.7. The molecule has 220 valence electrons. The van der Waals surface area contributed by atoms with Crippen LogP contribution in [0.5, 0.6) is 5.75 Å². The van der Waals surface area contributed by atoms with Gasteiger partial charge in [-0.25, -0.2) is 4.79 Å². The van der Waals surface area contributed by atoms with E-state index in [2.05, 4.69) is 82.0 Å². The van der Waals surface area contributed by atoms with Crippen LogP contribution in [0, 0.1) is 6.92 Å². The van der Waals surface area contributed by atoms with Crippen molar-refractivity contribution in [3.63, 3.8) is 0 Å². The van der Waals surface area contributed by atoms with Crippen LogP contribution < -0.4 is 15.4 Å². The van der Waals surface area contributed by atoms with E-state index in [0.717, 1.165) is 77.5 Å². The molecule has 6 rings (SSSR count). The molecule has 4 aromatic rings. The van der Waals surface area contributed by atoms with E-state index in [1.54, 1.807) is 0 Å². The minimum atomic E-state index is -0.235. The second-order valence-corrected chi connectivity index (χ2v) is 13.0. The van der Waals surface area contributed by atoms with Crippen molar-refractivity contribution in [2.45, 2.75) is 83.4 Å². The molecule has 2 N–H and O–H groups in total. The van der Waals surface area contributed by atoms with Gasteiger partial charge in [0.25, 0.3) is 0 Å².